The van der Waals surface area contributed by atoms with Gasteiger partial charge in [-0.05, 0) is 36.5 Å². The molecule has 0 spiro atoms. The molecule has 0 radical (unpaired) electrons. The summed E-state index contributed by atoms with van der Waals surface area (Å²) in [5, 5.41) is 0. The average molecular weight is 267 g/mol. The molecule has 1 rings (SSSR count). The number of ether oxygens (including phenoxy) is 1. The third kappa shape index (κ3) is 4.86. The largest absolute Gasteiger partial charge is 0.573 e. The molecule has 0 aliphatic carbocycles. The molecule has 0 bridgehead atoms. The Labute approximate surface area is 104 Å². The number of rotatable bonds is 5. The zero-order chi connectivity index (χ0) is 12.9. The van der Waals surface area contributed by atoms with Crippen LogP contribution in [0.3, 0.4) is 0 Å². The van der Waals surface area contributed by atoms with E-state index < -0.39 is 6.36 Å². The molecule has 0 fully saturated rings. The Morgan fingerprint density at radius 1 is 1.29 bits per heavy atom. The molecule has 96 valence electrons. The van der Waals surface area contributed by atoms with E-state index in [1.54, 1.807) is 13.0 Å². The summed E-state index contributed by atoms with van der Waals surface area (Å²) in [5.74, 6) is 0.386. The maximum absolute atomic E-state index is 12.2. The predicted molar refractivity (Wildman–Crippen MR) is 61.5 cm³/mol. The molecule has 0 saturated carbocycles. The first-order valence-electron chi connectivity index (χ1n) is 5.39. The van der Waals surface area contributed by atoms with Gasteiger partial charge in [-0.15, -0.1) is 24.8 Å². The number of hydrogen-bond acceptors (Lipinski definition) is 1. The highest BCUT2D eigenvalue weighted by molar-refractivity contribution is 6.17. The SMILES string of the molecule is CCc1ccc(CCCCl)cc1OC(F)(F)F. The molecule has 1 aromatic rings. The Morgan fingerprint density at radius 3 is 2.53 bits per heavy atom. The van der Waals surface area contributed by atoms with Gasteiger partial charge in [0.2, 0.25) is 0 Å². The summed E-state index contributed by atoms with van der Waals surface area (Å²) >= 11 is 5.54. The van der Waals surface area contributed by atoms with Crippen molar-refractivity contribution in [2.75, 3.05) is 5.88 Å². The van der Waals surface area contributed by atoms with E-state index in [9.17, 15) is 13.2 Å². The Morgan fingerprint density at radius 2 is 2.00 bits per heavy atom. The van der Waals surface area contributed by atoms with Crippen LogP contribution >= 0.6 is 11.6 Å². The minimum absolute atomic E-state index is 0.105. The molecule has 17 heavy (non-hydrogen) atoms. The Balaban J connectivity index is 2.90. The number of benzene rings is 1. The molecule has 0 unspecified atom stereocenters. The summed E-state index contributed by atoms with van der Waals surface area (Å²) in [7, 11) is 0. The molecule has 1 aromatic carbocycles. The second-order valence-electron chi connectivity index (χ2n) is 3.64. The minimum Gasteiger partial charge on any atom is -0.405 e. The van der Waals surface area contributed by atoms with Crippen LogP contribution in [0.5, 0.6) is 5.75 Å². The minimum atomic E-state index is -4.64. The van der Waals surface area contributed by atoms with Gasteiger partial charge in [0.15, 0.2) is 0 Å². The third-order valence-corrected chi connectivity index (χ3v) is 2.60. The van der Waals surface area contributed by atoms with Crippen molar-refractivity contribution in [2.45, 2.75) is 32.5 Å². The van der Waals surface area contributed by atoms with Gasteiger partial charge in [-0.1, -0.05) is 19.1 Å². The van der Waals surface area contributed by atoms with Crippen molar-refractivity contribution in [3.05, 3.63) is 29.3 Å². The molecule has 0 heterocycles. The maximum atomic E-state index is 12.2. The Bertz CT molecular complexity index is 363. The fourth-order valence-electron chi connectivity index (χ4n) is 1.54. The van der Waals surface area contributed by atoms with E-state index >= 15 is 0 Å². The molecule has 0 saturated heterocycles. The fourth-order valence-corrected chi connectivity index (χ4v) is 1.67. The quantitative estimate of drug-likeness (QED) is 0.721. The standard InChI is InChI=1S/C12H14ClF3O/c1-2-10-6-5-9(4-3-7-13)8-11(10)17-12(14,15)16/h5-6,8H,2-4,7H2,1H3. The highest BCUT2D eigenvalue weighted by Crippen LogP contribution is 2.28. The van der Waals surface area contributed by atoms with Crippen LogP contribution in [0.15, 0.2) is 18.2 Å². The van der Waals surface area contributed by atoms with Gasteiger partial charge >= 0.3 is 6.36 Å². The van der Waals surface area contributed by atoms with Crippen LogP contribution in [0.1, 0.15) is 24.5 Å². The van der Waals surface area contributed by atoms with E-state index in [4.69, 9.17) is 11.6 Å². The van der Waals surface area contributed by atoms with Gasteiger partial charge in [-0.3, -0.25) is 0 Å². The molecular formula is C12H14ClF3O. The van der Waals surface area contributed by atoms with Crippen molar-refractivity contribution in [1.29, 1.82) is 0 Å². The first kappa shape index (κ1) is 14.2. The van der Waals surface area contributed by atoms with Crippen LogP contribution in [0.4, 0.5) is 13.2 Å². The number of halogens is 4. The first-order chi connectivity index (χ1) is 7.96. The molecule has 0 amide bonds. The fraction of sp³-hybridized carbons (Fsp3) is 0.500. The zero-order valence-electron chi connectivity index (χ0n) is 9.48. The lowest BCUT2D eigenvalue weighted by atomic mass is 10.1. The van der Waals surface area contributed by atoms with Gasteiger partial charge in [0.1, 0.15) is 5.75 Å². The summed E-state index contributed by atoms with van der Waals surface area (Å²) in [6.07, 6.45) is -2.75. The van der Waals surface area contributed by atoms with Crippen LogP contribution in [-0.2, 0) is 12.8 Å². The lowest BCUT2D eigenvalue weighted by Gasteiger charge is -2.13. The lowest BCUT2D eigenvalue weighted by molar-refractivity contribution is -0.274. The van der Waals surface area contributed by atoms with E-state index in [0.29, 0.717) is 24.3 Å². The van der Waals surface area contributed by atoms with Gasteiger partial charge in [0.05, 0.1) is 0 Å². The van der Waals surface area contributed by atoms with Gasteiger partial charge in [0.25, 0.3) is 0 Å². The van der Waals surface area contributed by atoms with E-state index in [1.807, 2.05) is 6.07 Å². The Kier molecular flexibility index (Phi) is 5.12. The van der Waals surface area contributed by atoms with E-state index in [-0.39, 0.29) is 5.75 Å². The van der Waals surface area contributed by atoms with Gasteiger partial charge < -0.3 is 4.74 Å². The van der Waals surface area contributed by atoms with Gasteiger partial charge in [0, 0.05) is 5.88 Å². The lowest BCUT2D eigenvalue weighted by Crippen LogP contribution is -2.18. The molecule has 0 N–H and O–H groups in total. The normalized spacial score (nSPS) is 11.6. The van der Waals surface area contributed by atoms with Crippen molar-refractivity contribution in [2.24, 2.45) is 0 Å². The number of hydrogen-bond donors (Lipinski definition) is 0. The molecule has 5 heteroatoms. The second kappa shape index (κ2) is 6.15. The van der Waals surface area contributed by atoms with E-state index in [2.05, 4.69) is 4.74 Å². The van der Waals surface area contributed by atoms with Crippen molar-refractivity contribution < 1.29 is 17.9 Å². The van der Waals surface area contributed by atoms with Crippen molar-refractivity contribution >= 4 is 11.6 Å². The zero-order valence-corrected chi connectivity index (χ0v) is 10.2. The van der Waals surface area contributed by atoms with Crippen LogP contribution in [0.25, 0.3) is 0 Å². The topological polar surface area (TPSA) is 9.23 Å². The van der Waals surface area contributed by atoms with Crippen molar-refractivity contribution in [3.63, 3.8) is 0 Å². The monoisotopic (exact) mass is 266 g/mol. The highest BCUT2D eigenvalue weighted by Gasteiger charge is 2.31. The predicted octanol–water partition coefficient (Wildman–Crippen LogP) is 4.32. The summed E-state index contributed by atoms with van der Waals surface area (Å²) < 4.78 is 40.6. The van der Waals surface area contributed by atoms with Crippen LogP contribution in [0, 0.1) is 0 Å². The molecular weight excluding hydrogens is 253 g/mol. The molecule has 0 aliphatic rings. The smallest absolute Gasteiger partial charge is 0.405 e. The average Bonchev–Trinajstić information content (AvgIpc) is 2.24. The summed E-state index contributed by atoms with van der Waals surface area (Å²) in [6, 6.07) is 4.93. The Hall–Kier alpha value is -0.900. The van der Waals surface area contributed by atoms with E-state index in [0.717, 1.165) is 12.0 Å². The van der Waals surface area contributed by atoms with Crippen molar-refractivity contribution in [1.82, 2.24) is 0 Å². The van der Waals surface area contributed by atoms with Crippen LogP contribution < -0.4 is 4.74 Å². The first-order valence-corrected chi connectivity index (χ1v) is 5.93. The van der Waals surface area contributed by atoms with Crippen LogP contribution in [-0.4, -0.2) is 12.2 Å². The maximum Gasteiger partial charge on any atom is 0.573 e. The summed E-state index contributed by atoms with van der Waals surface area (Å²) in [5.41, 5.74) is 1.36. The molecule has 0 aromatic heterocycles. The van der Waals surface area contributed by atoms with Crippen molar-refractivity contribution in [3.8, 4) is 5.75 Å². The van der Waals surface area contributed by atoms with E-state index in [1.165, 1.54) is 6.07 Å². The highest BCUT2D eigenvalue weighted by atomic mass is 35.5. The number of alkyl halides is 4. The number of aryl methyl sites for hydroxylation is 2. The van der Waals surface area contributed by atoms with Gasteiger partial charge in [-0.2, -0.15) is 0 Å². The van der Waals surface area contributed by atoms with Gasteiger partial charge in [-0.25, -0.2) is 0 Å². The molecule has 0 atom stereocenters. The molecule has 1 nitrogen and oxygen atoms in total. The summed E-state index contributed by atoms with van der Waals surface area (Å²) in [4.78, 5) is 0. The third-order valence-electron chi connectivity index (χ3n) is 2.34. The summed E-state index contributed by atoms with van der Waals surface area (Å²) in [6.45, 7) is 1.79. The second-order valence-corrected chi connectivity index (χ2v) is 4.01. The van der Waals surface area contributed by atoms with Crippen LogP contribution in [0.2, 0.25) is 0 Å². The molecule has 0 aliphatic heterocycles.